The van der Waals surface area contributed by atoms with Crippen LogP contribution in [0.15, 0.2) is 24.3 Å². The molecule has 0 bridgehead atoms. The lowest BCUT2D eigenvalue weighted by Gasteiger charge is -2.23. The second kappa shape index (κ2) is 8.16. The minimum atomic E-state index is -4.73. The summed E-state index contributed by atoms with van der Waals surface area (Å²) in [7, 11) is 0. The van der Waals surface area contributed by atoms with Crippen LogP contribution in [0.25, 0.3) is 0 Å². The number of para-hydroxylation sites is 1. The molecule has 2 rings (SSSR count). The first-order chi connectivity index (χ1) is 10.9. The van der Waals surface area contributed by atoms with Crippen molar-refractivity contribution in [3.8, 4) is 5.75 Å². The first kappa shape index (κ1) is 17.6. The number of carbonyl (C=O) groups is 1. The normalized spacial score (nSPS) is 18.5. The molecule has 1 aromatic rings. The van der Waals surface area contributed by atoms with E-state index in [1.54, 1.807) is 12.1 Å². The maximum atomic E-state index is 12.3. The molecule has 0 aliphatic carbocycles. The fourth-order valence-electron chi connectivity index (χ4n) is 2.32. The molecule has 5 nitrogen and oxygen atoms in total. The number of carbonyl (C=O) groups excluding carboxylic acids is 1. The van der Waals surface area contributed by atoms with Crippen LogP contribution < -0.4 is 15.4 Å². The molecular formula is C15H19F3N2O3. The van der Waals surface area contributed by atoms with Crippen LogP contribution in [0.4, 0.5) is 13.2 Å². The molecule has 1 amide bonds. The molecule has 1 aliphatic rings. The molecule has 1 unspecified atom stereocenters. The van der Waals surface area contributed by atoms with Gasteiger partial charge in [-0.25, -0.2) is 0 Å². The van der Waals surface area contributed by atoms with E-state index in [-0.39, 0.29) is 37.1 Å². The number of amides is 1. The average molecular weight is 332 g/mol. The predicted molar refractivity (Wildman–Crippen MR) is 77.1 cm³/mol. The van der Waals surface area contributed by atoms with Gasteiger partial charge in [0.15, 0.2) is 0 Å². The molecule has 0 radical (unpaired) electrons. The van der Waals surface area contributed by atoms with Crippen molar-refractivity contribution in [3.05, 3.63) is 29.8 Å². The highest BCUT2D eigenvalue weighted by Crippen LogP contribution is 2.26. The van der Waals surface area contributed by atoms with Gasteiger partial charge >= 0.3 is 6.36 Å². The van der Waals surface area contributed by atoms with Crippen molar-refractivity contribution in [2.24, 2.45) is 0 Å². The number of alkyl halides is 3. The van der Waals surface area contributed by atoms with Crippen LogP contribution in [0, 0.1) is 0 Å². The Morgan fingerprint density at radius 1 is 1.39 bits per heavy atom. The highest BCUT2D eigenvalue weighted by atomic mass is 19.4. The number of rotatable bonds is 6. The summed E-state index contributed by atoms with van der Waals surface area (Å²) in [6.45, 7) is 2.06. The van der Waals surface area contributed by atoms with Gasteiger partial charge in [-0.2, -0.15) is 0 Å². The molecule has 23 heavy (non-hydrogen) atoms. The standard InChI is InChI=1S/C15H19F3N2O3/c16-15(17,18)23-13-4-2-1-3-11(13)5-6-20-14(21)9-12-10-22-8-7-19-12/h1-4,12,19H,5-10H2,(H,20,21). The van der Waals surface area contributed by atoms with Gasteiger partial charge in [-0.3, -0.25) is 4.79 Å². The van der Waals surface area contributed by atoms with E-state index in [1.165, 1.54) is 12.1 Å². The number of hydrogen-bond donors (Lipinski definition) is 2. The van der Waals surface area contributed by atoms with Gasteiger partial charge in [-0.05, 0) is 18.1 Å². The largest absolute Gasteiger partial charge is 0.573 e. The number of benzene rings is 1. The lowest BCUT2D eigenvalue weighted by molar-refractivity contribution is -0.274. The molecular weight excluding hydrogens is 313 g/mol. The zero-order valence-corrected chi connectivity index (χ0v) is 12.5. The van der Waals surface area contributed by atoms with Gasteiger partial charge < -0.3 is 20.1 Å². The number of nitrogens with one attached hydrogen (secondary N) is 2. The van der Waals surface area contributed by atoms with E-state index < -0.39 is 6.36 Å². The average Bonchev–Trinajstić information content (AvgIpc) is 2.48. The SMILES string of the molecule is O=C(CC1COCCN1)NCCc1ccccc1OC(F)(F)F. The third kappa shape index (κ3) is 6.45. The molecule has 128 valence electrons. The van der Waals surface area contributed by atoms with Crippen LogP contribution in [-0.2, 0) is 16.0 Å². The van der Waals surface area contributed by atoms with Crippen molar-refractivity contribution >= 4 is 5.91 Å². The van der Waals surface area contributed by atoms with Gasteiger partial charge in [0.05, 0.1) is 13.2 Å². The molecule has 0 aromatic heterocycles. The molecule has 1 aliphatic heterocycles. The molecule has 0 spiro atoms. The summed E-state index contributed by atoms with van der Waals surface area (Å²) < 4.78 is 46.2. The molecule has 1 saturated heterocycles. The van der Waals surface area contributed by atoms with Crippen molar-refractivity contribution in [2.45, 2.75) is 25.2 Å². The molecule has 2 N–H and O–H groups in total. The topological polar surface area (TPSA) is 59.6 Å². The van der Waals surface area contributed by atoms with Crippen LogP contribution in [0.3, 0.4) is 0 Å². The highest BCUT2D eigenvalue weighted by Gasteiger charge is 2.31. The van der Waals surface area contributed by atoms with Gasteiger partial charge in [0.25, 0.3) is 0 Å². The second-order valence-corrected chi connectivity index (χ2v) is 5.19. The summed E-state index contributed by atoms with van der Waals surface area (Å²) in [6, 6.07) is 5.88. The highest BCUT2D eigenvalue weighted by molar-refractivity contribution is 5.76. The van der Waals surface area contributed by atoms with Crippen LogP contribution in [-0.4, -0.2) is 44.6 Å². The van der Waals surface area contributed by atoms with E-state index >= 15 is 0 Å². The van der Waals surface area contributed by atoms with E-state index in [9.17, 15) is 18.0 Å². The maximum Gasteiger partial charge on any atom is 0.573 e. The Balaban J connectivity index is 1.78. The summed E-state index contributed by atoms with van der Waals surface area (Å²) >= 11 is 0. The minimum absolute atomic E-state index is 0.0235. The lowest BCUT2D eigenvalue weighted by Crippen LogP contribution is -2.44. The van der Waals surface area contributed by atoms with Crippen LogP contribution in [0.5, 0.6) is 5.75 Å². The first-order valence-corrected chi connectivity index (χ1v) is 7.35. The zero-order valence-electron chi connectivity index (χ0n) is 12.5. The Morgan fingerprint density at radius 2 is 2.17 bits per heavy atom. The van der Waals surface area contributed by atoms with Crippen molar-refractivity contribution in [2.75, 3.05) is 26.3 Å². The minimum Gasteiger partial charge on any atom is -0.406 e. The number of hydrogen-bond acceptors (Lipinski definition) is 4. The fraction of sp³-hybridized carbons (Fsp3) is 0.533. The summed E-state index contributed by atoms with van der Waals surface area (Å²) in [4.78, 5) is 11.8. The summed E-state index contributed by atoms with van der Waals surface area (Å²) in [5, 5.41) is 5.86. The Bertz CT molecular complexity index is 517. The van der Waals surface area contributed by atoms with Gasteiger partial charge in [0.2, 0.25) is 5.91 Å². The monoisotopic (exact) mass is 332 g/mol. The maximum absolute atomic E-state index is 12.3. The van der Waals surface area contributed by atoms with Crippen LogP contribution in [0.1, 0.15) is 12.0 Å². The van der Waals surface area contributed by atoms with E-state index in [4.69, 9.17) is 4.74 Å². The molecule has 8 heteroatoms. The number of ether oxygens (including phenoxy) is 2. The van der Waals surface area contributed by atoms with E-state index in [0.29, 0.717) is 25.3 Å². The smallest absolute Gasteiger partial charge is 0.406 e. The third-order valence-electron chi connectivity index (χ3n) is 3.35. The zero-order chi connectivity index (χ0) is 16.7. The van der Waals surface area contributed by atoms with Crippen molar-refractivity contribution in [1.29, 1.82) is 0 Å². The quantitative estimate of drug-likeness (QED) is 0.831. The van der Waals surface area contributed by atoms with Gasteiger partial charge in [-0.15, -0.1) is 13.2 Å². The Labute approximate surface area is 132 Å². The van der Waals surface area contributed by atoms with Gasteiger partial charge in [-0.1, -0.05) is 18.2 Å². The fourth-order valence-corrected chi connectivity index (χ4v) is 2.32. The number of halogens is 3. The van der Waals surface area contributed by atoms with Crippen molar-refractivity contribution in [3.63, 3.8) is 0 Å². The second-order valence-electron chi connectivity index (χ2n) is 5.19. The van der Waals surface area contributed by atoms with Gasteiger partial charge in [0, 0.05) is 25.6 Å². The van der Waals surface area contributed by atoms with Crippen LogP contribution in [0.2, 0.25) is 0 Å². The molecule has 0 saturated carbocycles. The lowest BCUT2D eigenvalue weighted by atomic mass is 10.1. The Hall–Kier alpha value is -1.80. The Morgan fingerprint density at radius 3 is 2.87 bits per heavy atom. The summed E-state index contributed by atoms with van der Waals surface area (Å²) in [5.41, 5.74) is 0.393. The van der Waals surface area contributed by atoms with E-state index in [2.05, 4.69) is 15.4 Å². The number of morpholine rings is 1. The van der Waals surface area contributed by atoms with Gasteiger partial charge in [0.1, 0.15) is 5.75 Å². The first-order valence-electron chi connectivity index (χ1n) is 7.35. The van der Waals surface area contributed by atoms with E-state index in [1.807, 2.05) is 0 Å². The molecule has 1 aromatic carbocycles. The molecule has 1 heterocycles. The van der Waals surface area contributed by atoms with E-state index in [0.717, 1.165) is 0 Å². The Kier molecular flexibility index (Phi) is 6.23. The molecule has 1 atom stereocenters. The third-order valence-corrected chi connectivity index (χ3v) is 3.35. The van der Waals surface area contributed by atoms with Crippen LogP contribution >= 0.6 is 0 Å². The molecule has 1 fully saturated rings. The van der Waals surface area contributed by atoms with Crippen molar-refractivity contribution < 1.29 is 27.4 Å². The summed E-state index contributed by atoms with van der Waals surface area (Å²) in [6.07, 6.45) is -4.20. The summed E-state index contributed by atoms with van der Waals surface area (Å²) in [5.74, 6) is -0.404. The predicted octanol–water partition coefficient (Wildman–Crippen LogP) is 1.62. The van der Waals surface area contributed by atoms with Crippen molar-refractivity contribution in [1.82, 2.24) is 10.6 Å².